The van der Waals surface area contributed by atoms with Gasteiger partial charge in [-0.2, -0.15) is 0 Å². The Morgan fingerprint density at radius 1 is 0.939 bits per heavy atom. The lowest BCUT2D eigenvalue weighted by atomic mass is 10.1. The first-order valence-corrected chi connectivity index (χ1v) is 10.6. The van der Waals surface area contributed by atoms with Gasteiger partial charge in [-0.05, 0) is 42.0 Å². The Kier molecular flexibility index (Phi) is 6.55. The number of aryl methyl sites for hydroxylation is 1. The molecule has 0 fully saturated rings. The number of carbonyl (C=O) groups is 2. The fraction of sp³-hybridized carbons (Fsp3) is 0.111. The third kappa shape index (κ3) is 5.13. The Bertz CT molecular complexity index is 1310. The molecule has 0 spiro atoms. The van der Waals surface area contributed by atoms with Crippen molar-refractivity contribution >= 4 is 28.8 Å². The molecule has 1 heterocycles. The van der Waals surface area contributed by atoms with Crippen LogP contribution in [-0.2, 0) is 18.4 Å². The number of hydrogen-bond donors (Lipinski definition) is 2. The zero-order valence-corrected chi connectivity index (χ0v) is 18.5. The Morgan fingerprint density at radius 3 is 2.36 bits per heavy atom. The summed E-state index contributed by atoms with van der Waals surface area (Å²) in [4.78, 5) is 26.0. The van der Waals surface area contributed by atoms with E-state index in [9.17, 15) is 9.59 Å². The minimum atomic E-state index is -0.376. The molecule has 2 N–H and O–H groups in total. The molecule has 0 aliphatic heterocycles. The van der Waals surface area contributed by atoms with Crippen LogP contribution in [0.3, 0.4) is 0 Å². The van der Waals surface area contributed by atoms with Gasteiger partial charge in [0.05, 0.1) is 7.11 Å². The first-order valence-electron chi connectivity index (χ1n) is 10.6. The molecular weight excluding hydrogens is 414 g/mol. The standard InChI is InChI=1S/C27H25N3O3/c1-30-18-21(23-10-6-7-11-25(23)30)16-24(27(32)28-17-19-8-4-3-5-9-19)29-26(31)20-12-14-22(33-2)15-13-20/h3-16,18H,17H2,1-2H3,(H,28,32)(H,29,31). The average Bonchev–Trinajstić information content (AvgIpc) is 3.18. The number of amides is 2. The smallest absolute Gasteiger partial charge is 0.268 e. The quantitative estimate of drug-likeness (QED) is 0.423. The van der Waals surface area contributed by atoms with Crippen molar-refractivity contribution in [1.82, 2.24) is 15.2 Å². The van der Waals surface area contributed by atoms with E-state index in [1.807, 2.05) is 72.4 Å². The number of nitrogens with one attached hydrogen (secondary N) is 2. The molecule has 1 aromatic heterocycles. The van der Waals surface area contributed by atoms with E-state index in [-0.39, 0.29) is 17.5 Å². The molecule has 0 saturated carbocycles. The van der Waals surface area contributed by atoms with Gasteiger partial charge in [0, 0.05) is 41.8 Å². The zero-order chi connectivity index (χ0) is 23.2. The summed E-state index contributed by atoms with van der Waals surface area (Å²) in [5, 5.41) is 6.68. The Balaban J connectivity index is 1.63. The highest BCUT2D eigenvalue weighted by atomic mass is 16.5. The minimum absolute atomic E-state index is 0.170. The van der Waals surface area contributed by atoms with Gasteiger partial charge < -0.3 is 19.9 Å². The molecule has 0 unspecified atom stereocenters. The van der Waals surface area contributed by atoms with Gasteiger partial charge in [0.25, 0.3) is 11.8 Å². The summed E-state index contributed by atoms with van der Waals surface area (Å²) in [6.45, 7) is 0.352. The molecule has 4 aromatic rings. The van der Waals surface area contributed by atoms with Crippen molar-refractivity contribution in [3.8, 4) is 5.75 Å². The van der Waals surface area contributed by atoms with Crippen LogP contribution in [0.5, 0.6) is 5.75 Å². The number of aromatic nitrogens is 1. The highest BCUT2D eigenvalue weighted by Crippen LogP contribution is 2.22. The van der Waals surface area contributed by atoms with Crippen LogP contribution < -0.4 is 15.4 Å². The van der Waals surface area contributed by atoms with Gasteiger partial charge in [0.1, 0.15) is 11.4 Å². The van der Waals surface area contributed by atoms with Crippen LogP contribution in [0.15, 0.2) is 90.8 Å². The first kappa shape index (κ1) is 21.9. The molecular formula is C27H25N3O3. The summed E-state index contributed by atoms with van der Waals surface area (Å²) >= 11 is 0. The molecule has 4 rings (SSSR count). The van der Waals surface area contributed by atoms with Crippen molar-refractivity contribution in [3.05, 3.63) is 107 Å². The highest BCUT2D eigenvalue weighted by molar-refractivity contribution is 6.06. The summed E-state index contributed by atoms with van der Waals surface area (Å²) in [5.74, 6) is -0.0914. The molecule has 166 valence electrons. The van der Waals surface area contributed by atoms with Crippen molar-refractivity contribution in [3.63, 3.8) is 0 Å². The zero-order valence-electron chi connectivity index (χ0n) is 18.5. The number of para-hydroxylation sites is 1. The summed E-state index contributed by atoms with van der Waals surface area (Å²) in [5.41, 5.74) is 3.44. The second-order valence-corrected chi connectivity index (χ2v) is 7.62. The molecule has 0 atom stereocenters. The highest BCUT2D eigenvalue weighted by Gasteiger charge is 2.16. The number of ether oxygens (including phenoxy) is 1. The lowest BCUT2D eigenvalue weighted by Gasteiger charge is -2.11. The Hall–Kier alpha value is -4.32. The van der Waals surface area contributed by atoms with E-state index in [2.05, 4.69) is 10.6 Å². The second-order valence-electron chi connectivity index (χ2n) is 7.62. The van der Waals surface area contributed by atoms with Crippen LogP contribution >= 0.6 is 0 Å². The summed E-state index contributed by atoms with van der Waals surface area (Å²) in [6, 6.07) is 24.3. The van der Waals surface area contributed by atoms with Gasteiger partial charge in [-0.25, -0.2) is 0 Å². The summed E-state index contributed by atoms with van der Waals surface area (Å²) < 4.78 is 7.15. The van der Waals surface area contributed by atoms with Gasteiger partial charge in [-0.15, -0.1) is 0 Å². The van der Waals surface area contributed by atoms with Gasteiger partial charge >= 0.3 is 0 Å². The molecule has 2 amide bonds. The largest absolute Gasteiger partial charge is 0.497 e. The molecule has 0 bridgehead atoms. The van der Waals surface area contributed by atoms with E-state index in [0.717, 1.165) is 22.0 Å². The van der Waals surface area contributed by atoms with Gasteiger partial charge in [-0.1, -0.05) is 48.5 Å². The minimum Gasteiger partial charge on any atom is -0.497 e. The first-order chi connectivity index (χ1) is 16.0. The number of methoxy groups -OCH3 is 1. The molecule has 0 aliphatic rings. The molecule has 6 heteroatoms. The number of nitrogens with zero attached hydrogens (tertiary/aromatic N) is 1. The summed E-state index contributed by atoms with van der Waals surface area (Å²) in [7, 11) is 3.52. The number of carbonyl (C=O) groups excluding carboxylic acids is 2. The van der Waals surface area contributed by atoms with Crippen molar-refractivity contribution in [1.29, 1.82) is 0 Å². The van der Waals surface area contributed by atoms with Crippen LogP contribution in [0.4, 0.5) is 0 Å². The predicted octanol–water partition coefficient (Wildman–Crippen LogP) is 4.27. The van der Waals surface area contributed by atoms with Crippen molar-refractivity contribution < 1.29 is 14.3 Å². The lowest BCUT2D eigenvalue weighted by molar-refractivity contribution is -0.117. The maximum atomic E-state index is 13.1. The molecule has 0 saturated heterocycles. The van der Waals surface area contributed by atoms with E-state index in [1.54, 1.807) is 37.5 Å². The van der Waals surface area contributed by atoms with Gasteiger partial charge in [-0.3, -0.25) is 9.59 Å². The van der Waals surface area contributed by atoms with Gasteiger partial charge in [0.2, 0.25) is 0 Å². The summed E-state index contributed by atoms with van der Waals surface area (Å²) in [6.07, 6.45) is 3.65. The Morgan fingerprint density at radius 2 is 1.64 bits per heavy atom. The Labute approximate surface area is 192 Å². The third-order valence-electron chi connectivity index (χ3n) is 5.37. The van der Waals surface area contributed by atoms with E-state index >= 15 is 0 Å². The average molecular weight is 440 g/mol. The lowest BCUT2D eigenvalue weighted by Crippen LogP contribution is -2.34. The number of rotatable bonds is 7. The predicted molar refractivity (Wildman–Crippen MR) is 130 cm³/mol. The number of fused-ring (bicyclic) bond motifs is 1. The fourth-order valence-electron chi connectivity index (χ4n) is 3.61. The van der Waals surface area contributed by atoms with Crippen molar-refractivity contribution in [2.24, 2.45) is 7.05 Å². The molecule has 6 nitrogen and oxygen atoms in total. The number of hydrogen-bond acceptors (Lipinski definition) is 3. The van der Waals surface area contributed by atoms with Crippen LogP contribution in [0.25, 0.3) is 17.0 Å². The molecule has 3 aromatic carbocycles. The van der Waals surface area contributed by atoms with E-state index in [0.29, 0.717) is 17.9 Å². The molecule has 33 heavy (non-hydrogen) atoms. The second kappa shape index (κ2) is 9.87. The SMILES string of the molecule is COc1ccc(C(=O)NC(=Cc2cn(C)c3ccccc23)C(=O)NCc2ccccc2)cc1. The number of benzene rings is 3. The fourth-order valence-corrected chi connectivity index (χ4v) is 3.61. The van der Waals surface area contributed by atoms with Crippen molar-refractivity contribution in [2.75, 3.05) is 7.11 Å². The molecule has 0 aliphatic carbocycles. The van der Waals surface area contributed by atoms with Crippen LogP contribution in [0, 0.1) is 0 Å². The van der Waals surface area contributed by atoms with Crippen LogP contribution in [-0.4, -0.2) is 23.5 Å². The van der Waals surface area contributed by atoms with Crippen LogP contribution in [0.1, 0.15) is 21.5 Å². The van der Waals surface area contributed by atoms with E-state index in [1.165, 1.54) is 0 Å². The van der Waals surface area contributed by atoms with Crippen molar-refractivity contribution in [2.45, 2.75) is 6.54 Å². The van der Waals surface area contributed by atoms with E-state index in [4.69, 9.17) is 4.74 Å². The maximum Gasteiger partial charge on any atom is 0.268 e. The topological polar surface area (TPSA) is 72.4 Å². The van der Waals surface area contributed by atoms with E-state index < -0.39 is 0 Å². The monoisotopic (exact) mass is 439 g/mol. The maximum absolute atomic E-state index is 13.1. The van der Waals surface area contributed by atoms with Crippen LogP contribution in [0.2, 0.25) is 0 Å². The van der Waals surface area contributed by atoms with Gasteiger partial charge in [0.15, 0.2) is 0 Å². The third-order valence-corrected chi connectivity index (χ3v) is 5.37. The normalized spacial score (nSPS) is 11.3. The molecule has 0 radical (unpaired) electrons.